The zero-order chi connectivity index (χ0) is 23.9. The second-order valence-corrected chi connectivity index (χ2v) is 9.74. The summed E-state index contributed by atoms with van der Waals surface area (Å²) in [5.74, 6) is 0.660. The van der Waals surface area contributed by atoms with E-state index in [0.29, 0.717) is 18.5 Å². The average Bonchev–Trinajstić information content (AvgIpc) is 3.42. The molecule has 35 heavy (non-hydrogen) atoms. The summed E-state index contributed by atoms with van der Waals surface area (Å²) in [6, 6.07) is 7.13. The highest BCUT2D eigenvalue weighted by molar-refractivity contribution is 6.05. The number of benzene rings is 1. The van der Waals surface area contributed by atoms with Gasteiger partial charge in [0.2, 0.25) is 17.7 Å². The number of nitrogens with one attached hydrogen (secondary N) is 1. The minimum absolute atomic E-state index is 0.0744. The van der Waals surface area contributed by atoms with Gasteiger partial charge >= 0.3 is 0 Å². The summed E-state index contributed by atoms with van der Waals surface area (Å²) < 4.78 is 11.9. The third-order valence-corrected chi connectivity index (χ3v) is 7.24. The summed E-state index contributed by atoms with van der Waals surface area (Å²) in [5.41, 5.74) is 3.84. The van der Waals surface area contributed by atoms with Crippen LogP contribution in [0.15, 0.2) is 30.5 Å². The number of amides is 3. The number of piperidine rings is 1. The molecular formula is C26H28N4O5. The van der Waals surface area contributed by atoms with Crippen LogP contribution in [0.2, 0.25) is 0 Å². The quantitative estimate of drug-likeness (QED) is 0.657. The van der Waals surface area contributed by atoms with Crippen molar-refractivity contribution in [1.29, 1.82) is 0 Å². The summed E-state index contributed by atoms with van der Waals surface area (Å²) >= 11 is 0. The molecule has 0 spiro atoms. The molecular weight excluding hydrogens is 448 g/mol. The molecule has 1 aromatic carbocycles. The Balaban J connectivity index is 1.07. The summed E-state index contributed by atoms with van der Waals surface area (Å²) in [5, 5.41) is 2.34. The maximum atomic E-state index is 12.9. The van der Waals surface area contributed by atoms with Crippen molar-refractivity contribution >= 4 is 17.7 Å². The number of pyridine rings is 1. The Morgan fingerprint density at radius 3 is 2.91 bits per heavy atom. The van der Waals surface area contributed by atoms with Crippen LogP contribution in [-0.4, -0.2) is 64.3 Å². The summed E-state index contributed by atoms with van der Waals surface area (Å²) in [6.45, 7) is 3.70. The summed E-state index contributed by atoms with van der Waals surface area (Å²) in [4.78, 5) is 45.0. The molecule has 4 aliphatic rings. The largest absolute Gasteiger partial charge is 0.489 e. The third kappa shape index (κ3) is 4.36. The van der Waals surface area contributed by atoms with Gasteiger partial charge in [-0.25, -0.2) is 4.98 Å². The van der Waals surface area contributed by atoms with Gasteiger partial charge in [0.05, 0.1) is 6.61 Å². The monoisotopic (exact) mass is 476 g/mol. The van der Waals surface area contributed by atoms with Gasteiger partial charge in [0.15, 0.2) is 0 Å². The van der Waals surface area contributed by atoms with E-state index in [1.54, 1.807) is 11.0 Å². The van der Waals surface area contributed by atoms with E-state index >= 15 is 0 Å². The standard InChI is InChI=1S/C26H28N4O5/c31-23-6-5-22(24(32)28-23)30-14-18-11-19(3-4-21(18)26(30)33)35-20-7-8-29(15-20)13-16-10-17-2-1-9-34-25(17)27-12-16/h3-4,10-12,20,22H,1-2,5-9,13-15H2,(H,28,31,32)/t20-,22?/m0/s1. The van der Waals surface area contributed by atoms with Crippen LogP contribution in [0, 0.1) is 0 Å². The molecule has 1 N–H and O–H groups in total. The Morgan fingerprint density at radius 1 is 1.11 bits per heavy atom. The number of hydrogen-bond acceptors (Lipinski definition) is 7. The van der Waals surface area contributed by atoms with Gasteiger partial charge in [-0.1, -0.05) is 0 Å². The van der Waals surface area contributed by atoms with Gasteiger partial charge in [-0.15, -0.1) is 0 Å². The molecule has 5 heterocycles. The predicted octanol–water partition coefficient (Wildman–Crippen LogP) is 1.82. The van der Waals surface area contributed by atoms with Gasteiger partial charge in [0, 0.05) is 49.9 Å². The van der Waals surface area contributed by atoms with Crippen molar-refractivity contribution in [3.63, 3.8) is 0 Å². The van der Waals surface area contributed by atoms with E-state index in [1.165, 1.54) is 11.1 Å². The van der Waals surface area contributed by atoms with Gasteiger partial charge in [0.25, 0.3) is 5.91 Å². The van der Waals surface area contributed by atoms with Crippen molar-refractivity contribution in [3.8, 4) is 11.6 Å². The second kappa shape index (κ2) is 8.96. The van der Waals surface area contributed by atoms with Crippen molar-refractivity contribution in [2.75, 3.05) is 19.7 Å². The van der Waals surface area contributed by atoms with Gasteiger partial charge in [-0.2, -0.15) is 0 Å². The minimum Gasteiger partial charge on any atom is -0.489 e. The van der Waals surface area contributed by atoms with Crippen molar-refractivity contribution < 1.29 is 23.9 Å². The minimum atomic E-state index is -0.606. The fourth-order valence-corrected chi connectivity index (χ4v) is 5.49. The third-order valence-electron chi connectivity index (χ3n) is 7.24. The molecule has 182 valence electrons. The highest BCUT2D eigenvalue weighted by atomic mass is 16.5. The summed E-state index contributed by atoms with van der Waals surface area (Å²) in [6.07, 6.45) is 5.57. The molecule has 2 fully saturated rings. The van der Waals surface area contributed by atoms with Crippen LogP contribution in [0.3, 0.4) is 0 Å². The highest BCUT2D eigenvalue weighted by Crippen LogP contribution is 2.31. The van der Waals surface area contributed by atoms with Crippen LogP contribution in [0.5, 0.6) is 11.6 Å². The molecule has 9 nitrogen and oxygen atoms in total. The Bertz CT molecular complexity index is 1200. The van der Waals surface area contributed by atoms with E-state index in [-0.39, 0.29) is 24.3 Å². The Kier molecular flexibility index (Phi) is 5.64. The van der Waals surface area contributed by atoms with Crippen molar-refractivity contribution in [1.82, 2.24) is 20.1 Å². The predicted molar refractivity (Wildman–Crippen MR) is 125 cm³/mol. The first kappa shape index (κ1) is 22.0. The van der Waals surface area contributed by atoms with E-state index in [9.17, 15) is 14.4 Å². The lowest BCUT2D eigenvalue weighted by Gasteiger charge is -2.29. The zero-order valence-corrected chi connectivity index (χ0v) is 19.5. The molecule has 3 amide bonds. The smallest absolute Gasteiger partial charge is 0.255 e. The first-order chi connectivity index (χ1) is 17.0. The number of carbonyl (C=O) groups excluding carboxylic acids is 3. The molecule has 4 aliphatic heterocycles. The number of hydrogen-bond donors (Lipinski definition) is 1. The van der Waals surface area contributed by atoms with Crippen LogP contribution >= 0.6 is 0 Å². The molecule has 0 saturated carbocycles. The van der Waals surface area contributed by atoms with Gasteiger partial charge in [-0.05, 0) is 61.1 Å². The molecule has 2 saturated heterocycles. The maximum Gasteiger partial charge on any atom is 0.255 e. The number of rotatable bonds is 5. The van der Waals surface area contributed by atoms with Crippen molar-refractivity contribution in [2.24, 2.45) is 0 Å². The fourth-order valence-electron chi connectivity index (χ4n) is 5.49. The lowest BCUT2D eigenvalue weighted by molar-refractivity contribution is -0.136. The number of aromatic nitrogens is 1. The zero-order valence-electron chi connectivity index (χ0n) is 19.5. The molecule has 9 heteroatoms. The number of imide groups is 1. The molecule has 1 unspecified atom stereocenters. The molecule has 1 aromatic heterocycles. The lowest BCUT2D eigenvalue weighted by Crippen LogP contribution is -2.52. The first-order valence-corrected chi connectivity index (χ1v) is 12.3. The number of aryl methyl sites for hydroxylation is 1. The Hall–Kier alpha value is -3.46. The number of ether oxygens (including phenoxy) is 2. The van der Waals surface area contributed by atoms with E-state index < -0.39 is 11.9 Å². The van der Waals surface area contributed by atoms with Crippen LogP contribution in [0.4, 0.5) is 0 Å². The number of nitrogens with zero attached hydrogens (tertiary/aromatic N) is 3. The molecule has 2 aromatic rings. The summed E-state index contributed by atoms with van der Waals surface area (Å²) in [7, 11) is 0. The van der Waals surface area contributed by atoms with E-state index in [0.717, 1.165) is 62.7 Å². The normalized spacial score (nSPS) is 24.1. The highest BCUT2D eigenvalue weighted by Gasteiger charge is 2.39. The fraction of sp³-hybridized carbons (Fsp3) is 0.462. The number of carbonyl (C=O) groups is 3. The van der Waals surface area contributed by atoms with Crippen molar-refractivity contribution in [3.05, 3.63) is 52.7 Å². The van der Waals surface area contributed by atoms with Crippen LogP contribution in [-0.2, 0) is 29.1 Å². The van der Waals surface area contributed by atoms with E-state index in [2.05, 4.69) is 21.3 Å². The SMILES string of the molecule is O=C1CCC(N2Cc3cc(O[C@H]4CCN(Cc5cnc6c(c5)CCCO6)C4)ccc3C2=O)C(=O)N1. The lowest BCUT2D eigenvalue weighted by atomic mass is 10.0. The van der Waals surface area contributed by atoms with E-state index in [4.69, 9.17) is 9.47 Å². The molecule has 6 rings (SSSR count). The average molecular weight is 477 g/mol. The van der Waals surface area contributed by atoms with Gasteiger partial charge in [0.1, 0.15) is 17.9 Å². The molecule has 2 atom stereocenters. The number of likely N-dealkylation sites (tertiary alicyclic amines) is 1. The topological polar surface area (TPSA) is 101 Å². The Morgan fingerprint density at radius 2 is 2.03 bits per heavy atom. The maximum absolute atomic E-state index is 12.9. The van der Waals surface area contributed by atoms with Gasteiger partial charge < -0.3 is 14.4 Å². The van der Waals surface area contributed by atoms with E-state index in [1.807, 2.05) is 18.3 Å². The second-order valence-electron chi connectivity index (χ2n) is 9.74. The molecule has 0 bridgehead atoms. The Labute approximate surface area is 203 Å². The molecule has 0 radical (unpaired) electrons. The van der Waals surface area contributed by atoms with Crippen LogP contribution < -0.4 is 14.8 Å². The van der Waals surface area contributed by atoms with Crippen LogP contribution in [0.1, 0.15) is 52.7 Å². The number of fused-ring (bicyclic) bond motifs is 2. The molecule has 0 aliphatic carbocycles. The van der Waals surface area contributed by atoms with Gasteiger partial charge in [-0.3, -0.25) is 24.6 Å². The van der Waals surface area contributed by atoms with Crippen LogP contribution in [0.25, 0.3) is 0 Å². The van der Waals surface area contributed by atoms with Crippen molar-refractivity contribution in [2.45, 2.75) is 57.3 Å². The first-order valence-electron chi connectivity index (χ1n) is 12.3.